The van der Waals surface area contributed by atoms with Gasteiger partial charge in [0.2, 0.25) is 5.91 Å². The van der Waals surface area contributed by atoms with Crippen LogP contribution in [0.5, 0.6) is 0 Å². The van der Waals surface area contributed by atoms with Gasteiger partial charge in [-0.2, -0.15) is 0 Å². The SMILES string of the molecule is C[C@H](CO[Si](C)(C)C(C)(C)C)C[C@H](C)C(=O)N(C)[C@H](C)[C@H](O)c1ccccc1. The first kappa shape index (κ1) is 24.9. The number of likely N-dealkylation sites (N-methyl/N-ethyl adjacent to an activating group) is 1. The minimum Gasteiger partial charge on any atom is -0.417 e. The Morgan fingerprint density at radius 1 is 1.14 bits per heavy atom. The maximum absolute atomic E-state index is 12.9. The van der Waals surface area contributed by atoms with E-state index in [-0.39, 0.29) is 22.9 Å². The second-order valence-electron chi connectivity index (χ2n) is 9.86. The molecule has 0 heterocycles. The molecule has 5 heteroatoms. The number of carbonyl (C=O) groups is 1. The number of amides is 1. The quantitative estimate of drug-likeness (QED) is 0.569. The fourth-order valence-electron chi connectivity index (χ4n) is 3.03. The predicted octanol–water partition coefficient (Wildman–Crippen LogP) is 5.25. The molecule has 0 saturated heterocycles. The largest absolute Gasteiger partial charge is 0.417 e. The molecule has 1 aromatic rings. The summed E-state index contributed by atoms with van der Waals surface area (Å²) in [5, 5.41) is 10.8. The van der Waals surface area contributed by atoms with Crippen molar-refractivity contribution in [1.82, 2.24) is 4.90 Å². The Morgan fingerprint density at radius 2 is 1.68 bits per heavy atom. The Labute approximate surface area is 173 Å². The van der Waals surface area contributed by atoms with Crippen molar-refractivity contribution >= 4 is 14.2 Å². The molecule has 0 aliphatic carbocycles. The minimum atomic E-state index is -1.77. The van der Waals surface area contributed by atoms with Gasteiger partial charge in [0.15, 0.2) is 8.32 Å². The van der Waals surface area contributed by atoms with Gasteiger partial charge in [-0.25, -0.2) is 0 Å². The second-order valence-corrected chi connectivity index (χ2v) is 14.7. The van der Waals surface area contributed by atoms with Crippen molar-refractivity contribution in [2.75, 3.05) is 13.7 Å². The molecule has 0 fully saturated rings. The molecular weight excluding hydrogens is 366 g/mol. The summed E-state index contributed by atoms with van der Waals surface area (Å²) >= 11 is 0. The summed E-state index contributed by atoms with van der Waals surface area (Å²) in [5.41, 5.74) is 0.832. The van der Waals surface area contributed by atoms with Gasteiger partial charge in [0, 0.05) is 19.6 Å². The Morgan fingerprint density at radius 3 is 2.18 bits per heavy atom. The zero-order valence-electron chi connectivity index (χ0n) is 19.3. The smallest absolute Gasteiger partial charge is 0.225 e. The summed E-state index contributed by atoms with van der Waals surface area (Å²) in [6, 6.07) is 9.23. The number of aliphatic hydroxyl groups is 1. The molecule has 0 aliphatic rings. The normalized spacial score (nSPS) is 16.9. The van der Waals surface area contributed by atoms with E-state index in [0.717, 1.165) is 12.0 Å². The molecule has 4 nitrogen and oxygen atoms in total. The van der Waals surface area contributed by atoms with Crippen LogP contribution >= 0.6 is 0 Å². The lowest BCUT2D eigenvalue weighted by atomic mass is 9.95. The van der Waals surface area contributed by atoms with Crippen LogP contribution in [0.25, 0.3) is 0 Å². The van der Waals surface area contributed by atoms with Crippen LogP contribution in [0.4, 0.5) is 0 Å². The summed E-state index contributed by atoms with van der Waals surface area (Å²) in [7, 11) is 0.0178. The number of carbonyl (C=O) groups excluding carboxylic acids is 1. The number of hydrogen-bond acceptors (Lipinski definition) is 3. The van der Waals surface area contributed by atoms with E-state index < -0.39 is 14.4 Å². The highest BCUT2D eigenvalue weighted by Crippen LogP contribution is 2.37. The first-order valence-corrected chi connectivity index (χ1v) is 13.3. The summed E-state index contributed by atoms with van der Waals surface area (Å²) in [6.45, 7) is 18.0. The average molecular weight is 408 g/mol. The van der Waals surface area contributed by atoms with Crippen molar-refractivity contribution in [1.29, 1.82) is 0 Å². The molecule has 1 amide bonds. The Hall–Kier alpha value is -1.17. The van der Waals surface area contributed by atoms with Gasteiger partial charge in [0.1, 0.15) is 0 Å². The fourth-order valence-corrected chi connectivity index (χ4v) is 4.16. The molecule has 1 aromatic carbocycles. The lowest BCUT2D eigenvalue weighted by Crippen LogP contribution is -2.43. The van der Waals surface area contributed by atoms with Gasteiger partial charge in [-0.1, -0.05) is 65.0 Å². The van der Waals surface area contributed by atoms with E-state index in [0.29, 0.717) is 12.5 Å². The molecule has 0 saturated carbocycles. The minimum absolute atomic E-state index is 0.0710. The lowest BCUT2D eigenvalue weighted by molar-refractivity contribution is -0.138. The average Bonchev–Trinajstić information content (AvgIpc) is 2.63. The number of benzene rings is 1. The molecule has 0 unspecified atom stereocenters. The lowest BCUT2D eigenvalue weighted by Gasteiger charge is -2.37. The predicted molar refractivity (Wildman–Crippen MR) is 120 cm³/mol. The first-order valence-electron chi connectivity index (χ1n) is 10.4. The summed E-state index contributed by atoms with van der Waals surface area (Å²) in [5.74, 6) is 0.283. The van der Waals surface area contributed by atoms with Crippen molar-refractivity contribution in [2.24, 2.45) is 11.8 Å². The first-order chi connectivity index (χ1) is 12.8. The highest BCUT2D eigenvalue weighted by molar-refractivity contribution is 6.74. The van der Waals surface area contributed by atoms with Gasteiger partial charge < -0.3 is 14.4 Å². The molecule has 4 atom stereocenters. The van der Waals surface area contributed by atoms with Crippen molar-refractivity contribution in [3.63, 3.8) is 0 Å². The van der Waals surface area contributed by atoms with E-state index in [1.165, 1.54) is 0 Å². The van der Waals surface area contributed by atoms with Crippen molar-refractivity contribution in [3.05, 3.63) is 35.9 Å². The van der Waals surface area contributed by atoms with Gasteiger partial charge in [-0.15, -0.1) is 0 Å². The van der Waals surface area contributed by atoms with Crippen LogP contribution in [0.2, 0.25) is 18.1 Å². The van der Waals surface area contributed by atoms with E-state index >= 15 is 0 Å². The third kappa shape index (κ3) is 6.71. The van der Waals surface area contributed by atoms with Crippen LogP contribution in [0.15, 0.2) is 30.3 Å². The van der Waals surface area contributed by atoms with Gasteiger partial charge in [-0.05, 0) is 43.0 Å². The van der Waals surface area contributed by atoms with E-state index in [4.69, 9.17) is 4.43 Å². The zero-order chi connectivity index (χ0) is 21.7. The fraction of sp³-hybridized carbons (Fsp3) is 0.696. The van der Waals surface area contributed by atoms with Gasteiger partial charge >= 0.3 is 0 Å². The maximum Gasteiger partial charge on any atom is 0.225 e. The van der Waals surface area contributed by atoms with E-state index in [1.807, 2.05) is 44.2 Å². The van der Waals surface area contributed by atoms with E-state index in [9.17, 15) is 9.90 Å². The number of rotatable bonds is 9. The zero-order valence-corrected chi connectivity index (χ0v) is 20.3. The molecule has 1 N–H and O–H groups in total. The van der Waals surface area contributed by atoms with E-state index in [2.05, 4.69) is 40.8 Å². The highest BCUT2D eigenvalue weighted by atomic mass is 28.4. The van der Waals surface area contributed by atoms with Crippen LogP contribution < -0.4 is 0 Å². The van der Waals surface area contributed by atoms with Gasteiger partial charge in [0.25, 0.3) is 0 Å². The van der Waals surface area contributed by atoms with Crippen molar-refractivity contribution in [2.45, 2.75) is 78.2 Å². The van der Waals surface area contributed by atoms with Crippen LogP contribution in [0.1, 0.15) is 59.6 Å². The van der Waals surface area contributed by atoms with E-state index in [1.54, 1.807) is 11.9 Å². The van der Waals surface area contributed by atoms with Crippen LogP contribution in [-0.2, 0) is 9.22 Å². The van der Waals surface area contributed by atoms with Crippen LogP contribution in [-0.4, -0.2) is 43.9 Å². The number of aliphatic hydroxyl groups excluding tert-OH is 1. The second kappa shape index (κ2) is 10.0. The molecule has 0 bridgehead atoms. The number of hydrogen-bond donors (Lipinski definition) is 1. The van der Waals surface area contributed by atoms with Crippen molar-refractivity contribution < 1.29 is 14.3 Å². The van der Waals surface area contributed by atoms with Crippen LogP contribution in [0.3, 0.4) is 0 Å². The van der Waals surface area contributed by atoms with Gasteiger partial charge in [-0.3, -0.25) is 4.79 Å². The highest BCUT2D eigenvalue weighted by Gasteiger charge is 2.37. The molecule has 28 heavy (non-hydrogen) atoms. The Kier molecular flexibility index (Phi) is 8.91. The molecule has 160 valence electrons. The molecular formula is C23H41NO3Si. The maximum atomic E-state index is 12.9. The standard InChI is InChI=1S/C23H41NO3Si/c1-17(16-27-28(8,9)23(4,5)6)15-18(2)22(26)24(7)19(3)21(25)20-13-11-10-12-14-20/h10-14,17-19,21,25H,15-16H2,1-9H3/t17-,18-,19+,21-/m0/s1. The third-order valence-electron chi connectivity index (χ3n) is 6.27. The third-order valence-corrected chi connectivity index (χ3v) is 10.8. The monoisotopic (exact) mass is 407 g/mol. The number of nitrogens with zero attached hydrogens (tertiary/aromatic N) is 1. The topological polar surface area (TPSA) is 49.8 Å². The Bertz CT molecular complexity index is 612. The molecule has 1 rings (SSSR count). The van der Waals surface area contributed by atoms with Crippen molar-refractivity contribution in [3.8, 4) is 0 Å². The molecule has 0 radical (unpaired) electrons. The summed E-state index contributed by atoms with van der Waals surface area (Å²) < 4.78 is 6.31. The van der Waals surface area contributed by atoms with Gasteiger partial charge in [0.05, 0.1) is 12.1 Å². The molecule has 0 aromatic heterocycles. The van der Waals surface area contributed by atoms with Crippen LogP contribution in [0, 0.1) is 11.8 Å². The summed E-state index contributed by atoms with van der Waals surface area (Å²) in [4.78, 5) is 14.6. The molecule has 0 aliphatic heterocycles. The summed E-state index contributed by atoms with van der Waals surface area (Å²) in [6.07, 6.45) is 0.0908. The Balaban J connectivity index is 2.61. The molecule has 0 spiro atoms.